The molecular formula is C21H22FN3O2. The second-order valence-electron chi connectivity index (χ2n) is 6.12. The van der Waals surface area contributed by atoms with Crippen molar-refractivity contribution in [2.24, 2.45) is 5.73 Å². The SMILES string of the molecule is COc1ccc(-c2noc(/C(=C/c3ccc(F)cc3)CCCCN)n2)cc1. The summed E-state index contributed by atoms with van der Waals surface area (Å²) in [5.74, 6) is 1.47. The zero-order valence-electron chi connectivity index (χ0n) is 15.2. The minimum atomic E-state index is -0.267. The van der Waals surface area contributed by atoms with Gasteiger partial charge in [0.25, 0.3) is 5.89 Å². The predicted molar refractivity (Wildman–Crippen MR) is 103 cm³/mol. The normalized spacial score (nSPS) is 11.6. The maximum atomic E-state index is 13.2. The maximum Gasteiger partial charge on any atom is 0.254 e. The summed E-state index contributed by atoms with van der Waals surface area (Å²) < 4.78 is 23.8. The molecule has 1 heterocycles. The number of unbranched alkanes of at least 4 members (excludes halogenated alkanes) is 1. The Hall–Kier alpha value is -2.99. The van der Waals surface area contributed by atoms with Crippen molar-refractivity contribution in [2.45, 2.75) is 19.3 Å². The number of halogens is 1. The summed E-state index contributed by atoms with van der Waals surface area (Å²) in [6.07, 6.45) is 4.50. The zero-order valence-corrected chi connectivity index (χ0v) is 15.2. The van der Waals surface area contributed by atoms with E-state index in [1.54, 1.807) is 19.2 Å². The van der Waals surface area contributed by atoms with Gasteiger partial charge in [0.05, 0.1) is 7.11 Å². The number of hydrogen-bond donors (Lipinski definition) is 1. The lowest BCUT2D eigenvalue weighted by Crippen LogP contribution is -1.98. The topological polar surface area (TPSA) is 74.2 Å². The van der Waals surface area contributed by atoms with Crippen molar-refractivity contribution < 1.29 is 13.7 Å². The van der Waals surface area contributed by atoms with Crippen molar-refractivity contribution in [3.05, 3.63) is 65.8 Å². The number of rotatable bonds is 8. The molecule has 0 saturated heterocycles. The van der Waals surface area contributed by atoms with E-state index in [9.17, 15) is 4.39 Å². The van der Waals surface area contributed by atoms with Crippen molar-refractivity contribution in [1.29, 1.82) is 0 Å². The molecule has 0 aliphatic heterocycles. The minimum absolute atomic E-state index is 0.267. The number of nitrogens with two attached hydrogens (primary N) is 1. The third kappa shape index (κ3) is 5.01. The maximum absolute atomic E-state index is 13.2. The smallest absolute Gasteiger partial charge is 0.254 e. The van der Waals surface area contributed by atoms with Gasteiger partial charge in [-0.15, -0.1) is 0 Å². The third-order valence-corrected chi connectivity index (χ3v) is 4.16. The molecule has 0 unspecified atom stereocenters. The highest BCUT2D eigenvalue weighted by Gasteiger charge is 2.13. The number of allylic oxidation sites excluding steroid dienone is 1. The Morgan fingerprint density at radius 1 is 1.11 bits per heavy atom. The summed E-state index contributed by atoms with van der Waals surface area (Å²) >= 11 is 0. The summed E-state index contributed by atoms with van der Waals surface area (Å²) in [5, 5.41) is 4.09. The van der Waals surface area contributed by atoms with Crippen LogP contribution >= 0.6 is 0 Å². The lowest BCUT2D eigenvalue weighted by Gasteiger charge is -2.03. The summed E-state index contributed by atoms with van der Waals surface area (Å²) in [7, 11) is 1.62. The molecule has 1 aromatic heterocycles. The van der Waals surface area contributed by atoms with Crippen LogP contribution < -0.4 is 10.5 Å². The highest BCUT2D eigenvalue weighted by molar-refractivity contribution is 5.78. The second kappa shape index (κ2) is 9.09. The first-order chi connectivity index (χ1) is 13.2. The van der Waals surface area contributed by atoms with Gasteiger partial charge in [-0.25, -0.2) is 4.39 Å². The van der Waals surface area contributed by atoms with Gasteiger partial charge in [0, 0.05) is 11.1 Å². The molecule has 140 valence electrons. The van der Waals surface area contributed by atoms with Crippen LogP contribution in [0.1, 0.15) is 30.7 Å². The Bertz CT molecular complexity index is 887. The Balaban J connectivity index is 1.87. The van der Waals surface area contributed by atoms with Gasteiger partial charge in [-0.2, -0.15) is 4.98 Å². The Morgan fingerprint density at radius 3 is 2.52 bits per heavy atom. The average molecular weight is 367 g/mol. The van der Waals surface area contributed by atoms with E-state index in [4.69, 9.17) is 15.0 Å². The zero-order chi connectivity index (χ0) is 19.1. The molecule has 5 nitrogen and oxygen atoms in total. The number of benzene rings is 2. The van der Waals surface area contributed by atoms with E-state index in [0.29, 0.717) is 18.3 Å². The van der Waals surface area contributed by atoms with Crippen LogP contribution in [0.5, 0.6) is 5.75 Å². The lowest BCUT2D eigenvalue weighted by molar-refractivity contribution is 0.406. The fraction of sp³-hybridized carbons (Fsp3) is 0.238. The Labute approximate surface area is 157 Å². The van der Waals surface area contributed by atoms with E-state index in [2.05, 4.69) is 10.1 Å². The highest BCUT2D eigenvalue weighted by Crippen LogP contribution is 2.26. The molecule has 0 aliphatic rings. The molecule has 3 rings (SSSR count). The Kier molecular flexibility index (Phi) is 6.33. The van der Waals surface area contributed by atoms with Gasteiger partial charge in [-0.3, -0.25) is 0 Å². The summed E-state index contributed by atoms with van der Waals surface area (Å²) in [6, 6.07) is 13.8. The molecule has 0 saturated carbocycles. The van der Waals surface area contributed by atoms with Crippen LogP contribution in [0.25, 0.3) is 23.0 Å². The van der Waals surface area contributed by atoms with Crippen molar-refractivity contribution in [3.8, 4) is 17.1 Å². The van der Waals surface area contributed by atoms with Crippen LogP contribution in [0.15, 0.2) is 53.1 Å². The van der Waals surface area contributed by atoms with Crippen molar-refractivity contribution >= 4 is 11.6 Å². The number of nitrogens with zero attached hydrogens (tertiary/aromatic N) is 2. The lowest BCUT2D eigenvalue weighted by atomic mass is 10.0. The molecule has 0 spiro atoms. The number of methoxy groups -OCH3 is 1. The van der Waals surface area contributed by atoms with Crippen LogP contribution in [0.2, 0.25) is 0 Å². The fourth-order valence-corrected chi connectivity index (χ4v) is 2.67. The third-order valence-electron chi connectivity index (χ3n) is 4.16. The number of aromatic nitrogens is 2. The summed E-state index contributed by atoms with van der Waals surface area (Å²) in [5.41, 5.74) is 8.23. The monoisotopic (exact) mass is 367 g/mol. The van der Waals surface area contributed by atoms with Gasteiger partial charge in [-0.1, -0.05) is 17.3 Å². The van der Waals surface area contributed by atoms with Crippen LogP contribution in [0.3, 0.4) is 0 Å². The van der Waals surface area contributed by atoms with Crippen LogP contribution in [0, 0.1) is 5.82 Å². The van der Waals surface area contributed by atoms with Crippen molar-refractivity contribution in [3.63, 3.8) is 0 Å². The van der Waals surface area contributed by atoms with Crippen LogP contribution in [0.4, 0.5) is 4.39 Å². The molecule has 0 amide bonds. The van der Waals surface area contributed by atoms with E-state index in [1.807, 2.05) is 30.3 Å². The largest absolute Gasteiger partial charge is 0.497 e. The average Bonchev–Trinajstić information content (AvgIpc) is 3.19. The molecule has 3 aromatic rings. The van der Waals surface area contributed by atoms with E-state index in [0.717, 1.165) is 41.7 Å². The van der Waals surface area contributed by atoms with Gasteiger partial charge in [0.2, 0.25) is 5.82 Å². The summed E-state index contributed by atoms with van der Waals surface area (Å²) in [4.78, 5) is 4.54. The van der Waals surface area contributed by atoms with Crippen LogP contribution in [-0.2, 0) is 0 Å². The van der Waals surface area contributed by atoms with Gasteiger partial charge in [0.1, 0.15) is 11.6 Å². The molecule has 0 aliphatic carbocycles. The molecule has 6 heteroatoms. The predicted octanol–water partition coefficient (Wildman–Crippen LogP) is 4.55. The minimum Gasteiger partial charge on any atom is -0.497 e. The molecule has 2 N–H and O–H groups in total. The number of ether oxygens (including phenoxy) is 1. The molecule has 0 atom stereocenters. The highest BCUT2D eigenvalue weighted by atomic mass is 19.1. The van der Waals surface area contributed by atoms with E-state index in [-0.39, 0.29) is 5.82 Å². The molecule has 27 heavy (non-hydrogen) atoms. The van der Waals surface area contributed by atoms with Crippen LogP contribution in [-0.4, -0.2) is 23.8 Å². The van der Waals surface area contributed by atoms with Crippen molar-refractivity contribution in [2.75, 3.05) is 13.7 Å². The van der Waals surface area contributed by atoms with E-state index < -0.39 is 0 Å². The molecular weight excluding hydrogens is 345 g/mol. The molecule has 0 radical (unpaired) electrons. The quantitative estimate of drug-likeness (QED) is 0.591. The number of hydrogen-bond acceptors (Lipinski definition) is 5. The molecule has 2 aromatic carbocycles. The molecule has 0 fully saturated rings. The Morgan fingerprint density at radius 2 is 1.85 bits per heavy atom. The second-order valence-corrected chi connectivity index (χ2v) is 6.12. The van der Waals surface area contributed by atoms with Gasteiger partial charge in [-0.05, 0) is 73.8 Å². The summed E-state index contributed by atoms with van der Waals surface area (Å²) in [6.45, 7) is 0.630. The first-order valence-electron chi connectivity index (χ1n) is 8.84. The fourth-order valence-electron chi connectivity index (χ4n) is 2.67. The van der Waals surface area contributed by atoms with E-state index >= 15 is 0 Å². The van der Waals surface area contributed by atoms with E-state index in [1.165, 1.54) is 12.1 Å². The van der Waals surface area contributed by atoms with Gasteiger partial charge >= 0.3 is 0 Å². The van der Waals surface area contributed by atoms with Crippen molar-refractivity contribution in [1.82, 2.24) is 10.1 Å². The molecule has 0 bridgehead atoms. The first-order valence-corrected chi connectivity index (χ1v) is 8.84. The van der Waals surface area contributed by atoms with Gasteiger partial charge in [0.15, 0.2) is 0 Å². The first kappa shape index (κ1) is 18.8. The van der Waals surface area contributed by atoms with Gasteiger partial charge < -0.3 is 15.0 Å². The standard InChI is InChI=1S/C21H22FN3O2/c1-26-19-11-7-16(8-12-19)20-24-21(27-25-20)17(4-2-3-13-23)14-15-5-9-18(22)10-6-15/h5-12,14H,2-4,13,23H2,1H3/b17-14+.